The monoisotopic (exact) mass is 574 g/mol. The molecule has 4 bridgehead atoms. The van der Waals surface area contributed by atoms with Gasteiger partial charge in [-0.15, -0.1) is 0 Å². The summed E-state index contributed by atoms with van der Waals surface area (Å²) >= 11 is 0. The molecule has 0 aromatic carbocycles. The number of fused-ring (bicyclic) bond motifs is 4. The van der Waals surface area contributed by atoms with Crippen LogP contribution in [0.2, 0.25) is 51.4 Å². The van der Waals surface area contributed by atoms with Crippen molar-refractivity contribution in [2.75, 3.05) is 0 Å². The predicted molar refractivity (Wildman–Crippen MR) is 173 cm³/mol. The standard InChI is InChI=1S/C33H62O2Si3/c1-11-32(4,34-37(7,8)21-19-31-25-27-15-17-29(31)23-27)38(9,10)35-33(12-2,13-3)36(5,6)20-18-30-24-26-14-16-28(30)22-26/h14-17,26-31H,11-13,18-25H2,1-10H3. The highest BCUT2D eigenvalue weighted by Crippen LogP contribution is 2.49. The van der Waals surface area contributed by atoms with Crippen LogP contribution in [0.25, 0.3) is 0 Å². The van der Waals surface area contributed by atoms with E-state index >= 15 is 0 Å². The highest BCUT2D eigenvalue weighted by atomic mass is 28.4. The van der Waals surface area contributed by atoms with Crippen LogP contribution in [0.3, 0.4) is 0 Å². The van der Waals surface area contributed by atoms with E-state index in [0.29, 0.717) is 0 Å². The summed E-state index contributed by atoms with van der Waals surface area (Å²) in [6.45, 7) is 24.9. The van der Waals surface area contributed by atoms with Gasteiger partial charge < -0.3 is 8.85 Å². The van der Waals surface area contributed by atoms with Crippen molar-refractivity contribution in [3.05, 3.63) is 24.3 Å². The number of hydrogen-bond acceptors (Lipinski definition) is 2. The maximum Gasteiger partial charge on any atom is 0.216 e. The van der Waals surface area contributed by atoms with Gasteiger partial charge in [-0.3, -0.25) is 0 Å². The SMILES string of the molecule is CCC(CC)(O[Si](C)(C)C(C)(CC)O[Si](C)(C)CCC1CC2C=CC1C2)[Si](C)(C)CCC1CC2C=CC1C2. The van der Waals surface area contributed by atoms with Crippen LogP contribution in [0.4, 0.5) is 0 Å². The highest BCUT2D eigenvalue weighted by Gasteiger charge is 2.55. The van der Waals surface area contributed by atoms with Crippen molar-refractivity contribution in [1.29, 1.82) is 0 Å². The molecule has 0 radical (unpaired) electrons. The second-order valence-corrected chi connectivity index (χ2v) is 29.5. The summed E-state index contributed by atoms with van der Waals surface area (Å²) in [5.74, 6) is 5.31. The Morgan fingerprint density at radius 2 is 1.16 bits per heavy atom. The molecule has 0 aromatic heterocycles. The maximum atomic E-state index is 7.66. The fraction of sp³-hybridized carbons (Fsp3) is 0.879. The maximum absolute atomic E-state index is 7.66. The summed E-state index contributed by atoms with van der Waals surface area (Å²) in [6, 6.07) is 2.70. The number of rotatable bonds is 15. The largest absolute Gasteiger partial charge is 0.412 e. The average molecular weight is 575 g/mol. The fourth-order valence-corrected chi connectivity index (χ4v) is 21.1. The molecule has 0 amide bonds. The Bertz CT molecular complexity index is 873. The molecule has 0 spiro atoms. The van der Waals surface area contributed by atoms with E-state index in [1.165, 1.54) is 50.6 Å². The van der Waals surface area contributed by atoms with Gasteiger partial charge in [0, 0.05) is 5.22 Å². The Morgan fingerprint density at radius 3 is 1.55 bits per heavy atom. The summed E-state index contributed by atoms with van der Waals surface area (Å²) in [5, 5.41) is -0.0795. The molecule has 7 unspecified atom stereocenters. The lowest BCUT2D eigenvalue weighted by Gasteiger charge is -2.54. The molecule has 7 atom stereocenters. The van der Waals surface area contributed by atoms with E-state index in [4.69, 9.17) is 8.85 Å². The van der Waals surface area contributed by atoms with Crippen molar-refractivity contribution in [3.63, 3.8) is 0 Å². The molecule has 2 fully saturated rings. The van der Waals surface area contributed by atoms with Gasteiger partial charge in [0.1, 0.15) is 0 Å². The van der Waals surface area contributed by atoms with Crippen molar-refractivity contribution in [3.8, 4) is 0 Å². The highest BCUT2D eigenvalue weighted by molar-refractivity contribution is 6.83. The van der Waals surface area contributed by atoms with Crippen LogP contribution in [0.1, 0.15) is 85.5 Å². The zero-order chi connectivity index (χ0) is 28.0. The third-order valence-electron chi connectivity index (χ3n) is 12.4. The van der Waals surface area contributed by atoms with E-state index in [1.807, 2.05) is 0 Å². The minimum atomic E-state index is -2.18. The molecular formula is C33H62O2Si3. The molecule has 0 saturated heterocycles. The van der Waals surface area contributed by atoms with E-state index in [9.17, 15) is 0 Å². The Labute approximate surface area is 240 Å². The molecule has 4 aliphatic carbocycles. The summed E-state index contributed by atoms with van der Waals surface area (Å²) < 4.78 is 15.0. The minimum Gasteiger partial charge on any atom is -0.412 e. The summed E-state index contributed by atoms with van der Waals surface area (Å²) in [4.78, 5) is 0. The quantitative estimate of drug-likeness (QED) is 0.143. The van der Waals surface area contributed by atoms with Crippen LogP contribution >= 0.6 is 0 Å². The van der Waals surface area contributed by atoms with E-state index in [2.05, 4.69) is 91.3 Å². The number of hydrogen-bond donors (Lipinski definition) is 0. The molecule has 218 valence electrons. The number of allylic oxidation sites excluding steroid dienone is 4. The van der Waals surface area contributed by atoms with Crippen LogP contribution in [0, 0.1) is 35.5 Å². The van der Waals surface area contributed by atoms with Crippen molar-refractivity contribution in [2.24, 2.45) is 35.5 Å². The lowest BCUT2D eigenvalue weighted by molar-refractivity contribution is 0.0638. The first kappa shape index (κ1) is 31.0. The van der Waals surface area contributed by atoms with Crippen LogP contribution in [0.5, 0.6) is 0 Å². The van der Waals surface area contributed by atoms with E-state index < -0.39 is 24.7 Å². The Hall–Kier alpha value is 0.0506. The topological polar surface area (TPSA) is 18.5 Å². The van der Waals surface area contributed by atoms with Crippen molar-refractivity contribution in [1.82, 2.24) is 0 Å². The van der Waals surface area contributed by atoms with Crippen LogP contribution in [-0.4, -0.2) is 35.2 Å². The molecule has 2 nitrogen and oxygen atoms in total. The molecular weight excluding hydrogens is 513 g/mol. The summed E-state index contributed by atoms with van der Waals surface area (Å²) in [6.07, 6.45) is 21.9. The minimum absolute atomic E-state index is 0.0527. The van der Waals surface area contributed by atoms with E-state index in [0.717, 1.165) is 54.8 Å². The first-order valence-electron chi connectivity index (χ1n) is 16.5. The zero-order valence-electron chi connectivity index (χ0n) is 26.9. The fourth-order valence-electron chi connectivity index (χ4n) is 9.13. The van der Waals surface area contributed by atoms with Gasteiger partial charge in [0.15, 0.2) is 8.32 Å². The van der Waals surface area contributed by atoms with Gasteiger partial charge in [-0.2, -0.15) is 0 Å². The normalized spacial score (nSPS) is 32.5. The summed E-state index contributed by atoms with van der Waals surface area (Å²) in [5.41, 5.74) is 0. The first-order valence-corrected chi connectivity index (χ1v) is 25.7. The summed E-state index contributed by atoms with van der Waals surface area (Å²) in [7, 11) is -5.63. The van der Waals surface area contributed by atoms with E-state index in [1.54, 1.807) is 0 Å². The van der Waals surface area contributed by atoms with Crippen LogP contribution < -0.4 is 0 Å². The third kappa shape index (κ3) is 6.12. The van der Waals surface area contributed by atoms with Gasteiger partial charge in [0.05, 0.1) is 13.3 Å². The molecule has 0 N–H and O–H groups in total. The van der Waals surface area contributed by atoms with Gasteiger partial charge >= 0.3 is 0 Å². The molecule has 2 saturated carbocycles. The average Bonchev–Trinajstić information content (AvgIpc) is 3.66. The molecule has 0 heterocycles. The van der Waals surface area contributed by atoms with Crippen molar-refractivity contribution >= 4 is 24.7 Å². The van der Waals surface area contributed by atoms with Gasteiger partial charge in [-0.25, -0.2) is 0 Å². The lowest BCUT2D eigenvalue weighted by Crippen LogP contribution is -2.67. The molecule has 0 aliphatic heterocycles. The van der Waals surface area contributed by atoms with Crippen molar-refractivity contribution < 1.29 is 8.85 Å². The third-order valence-corrected chi connectivity index (χ3v) is 24.0. The molecule has 5 heteroatoms. The Morgan fingerprint density at radius 1 is 0.658 bits per heavy atom. The van der Waals surface area contributed by atoms with Gasteiger partial charge in [-0.1, -0.05) is 77.1 Å². The second-order valence-electron chi connectivity index (χ2n) is 15.8. The van der Waals surface area contributed by atoms with Gasteiger partial charge in [-0.05, 0) is 120 Å². The smallest absolute Gasteiger partial charge is 0.216 e. The second kappa shape index (κ2) is 11.4. The Balaban J connectivity index is 1.42. The molecule has 38 heavy (non-hydrogen) atoms. The zero-order valence-corrected chi connectivity index (χ0v) is 29.9. The lowest BCUT2D eigenvalue weighted by atomic mass is 9.91. The van der Waals surface area contributed by atoms with Gasteiger partial charge in [0.25, 0.3) is 0 Å². The molecule has 0 aromatic rings. The first-order chi connectivity index (χ1) is 17.7. The van der Waals surface area contributed by atoms with Crippen LogP contribution in [0.15, 0.2) is 24.3 Å². The molecule has 4 rings (SSSR count). The molecule has 4 aliphatic rings. The van der Waals surface area contributed by atoms with Gasteiger partial charge in [0.2, 0.25) is 8.32 Å². The van der Waals surface area contributed by atoms with Crippen molar-refractivity contribution in [2.45, 2.75) is 147 Å². The van der Waals surface area contributed by atoms with E-state index in [-0.39, 0.29) is 10.4 Å². The van der Waals surface area contributed by atoms with Crippen LogP contribution in [-0.2, 0) is 8.85 Å². The predicted octanol–water partition coefficient (Wildman–Crippen LogP) is 10.1. The Kier molecular flexibility index (Phi) is 9.28.